The Morgan fingerprint density at radius 1 is 0.923 bits per heavy atom. The molecule has 1 fully saturated rings. The second kappa shape index (κ2) is 7.68. The lowest BCUT2D eigenvalue weighted by Crippen LogP contribution is -2.37. The number of sulfonamides is 1. The third kappa shape index (κ3) is 3.62. The number of carbonyl (C=O) groups excluding carboxylic acids is 1. The maximum Gasteiger partial charge on any atom is 0.253 e. The van der Waals surface area contributed by atoms with E-state index in [0.717, 1.165) is 0 Å². The lowest BCUT2D eigenvalue weighted by Gasteiger charge is -2.22. The smallest absolute Gasteiger partial charge is 0.253 e. The highest BCUT2D eigenvalue weighted by Gasteiger charge is 2.30. The van der Waals surface area contributed by atoms with Gasteiger partial charge < -0.3 is 4.90 Å². The predicted octanol–water partition coefficient (Wildman–Crippen LogP) is 2.10. The van der Waals surface area contributed by atoms with Gasteiger partial charge in [0, 0.05) is 31.7 Å². The predicted molar refractivity (Wildman–Crippen MR) is 96.9 cm³/mol. The molecular formula is C19H19N3O3S. The second-order valence-corrected chi connectivity index (χ2v) is 7.93. The molecule has 1 aliphatic rings. The number of carbonyl (C=O) groups is 1. The molecule has 0 saturated carbocycles. The van der Waals surface area contributed by atoms with Crippen LogP contribution < -0.4 is 0 Å². The highest BCUT2D eigenvalue weighted by atomic mass is 32.2. The minimum Gasteiger partial charge on any atom is -0.337 e. The van der Waals surface area contributed by atoms with Gasteiger partial charge in [0.25, 0.3) is 5.91 Å². The van der Waals surface area contributed by atoms with Crippen LogP contribution in [0.2, 0.25) is 0 Å². The van der Waals surface area contributed by atoms with Gasteiger partial charge in [-0.25, -0.2) is 8.42 Å². The van der Waals surface area contributed by atoms with E-state index in [2.05, 4.69) is 0 Å². The summed E-state index contributed by atoms with van der Waals surface area (Å²) in [7, 11) is -3.77. The fraction of sp³-hybridized carbons (Fsp3) is 0.263. The molecule has 0 bridgehead atoms. The summed E-state index contributed by atoms with van der Waals surface area (Å²) in [5.74, 6) is -0.0951. The lowest BCUT2D eigenvalue weighted by molar-refractivity contribution is 0.0764. The molecule has 0 spiro atoms. The van der Waals surface area contributed by atoms with Crippen LogP contribution in [0, 0.1) is 11.3 Å². The lowest BCUT2D eigenvalue weighted by atomic mass is 10.2. The van der Waals surface area contributed by atoms with E-state index in [9.17, 15) is 18.5 Å². The highest BCUT2D eigenvalue weighted by Crippen LogP contribution is 2.21. The first-order valence-corrected chi connectivity index (χ1v) is 9.81. The first kappa shape index (κ1) is 18.1. The van der Waals surface area contributed by atoms with Gasteiger partial charge in [-0.3, -0.25) is 4.79 Å². The van der Waals surface area contributed by atoms with E-state index in [0.29, 0.717) is 31.6 Å². The molecule has 1 aliphatic heterocycles. The largest absolute Gasteiger partial charge is 0.337 e. The minimum atomic E-state index is -3.77. The summed E-state index contributed by atoms with van der Waals surface area (Å²) >= 11 is 0. The number of hydrogen-bond acceptors (Lipinski definition) is 4. The Morgan fingerprint density at radius 3 is 2.35 bits per heavy atom. The first-order valence-electron chi connectivity index (χ1n) is 8.37. The third-order valence-corrected chi connectivity index (χ3v) is 6.34. The summed E-state index contributed by atoms with van der Waals surface area (Å²) in [4.78, 5) is 14.3. The fourth-order valence-electron chi connectivity index (χ4n) is 3.02. The van der Waals surface area contributed by atoms with Crippen LogP contribution in [-0.2, 0) is 10.0 Å². The fourth-order valence-corrected chi connectivity index (χ4v) is 4.64. The second-order valence-electron chi connectivity index (χ2n) is 6.02. The van der Waals surface area contributed by atoms with Crippen LogP contribution in [-0.4, -0.2) is 49.7 Å². The molecule has 0 N–H and O–H groups in total. The molecule has 0 aliphatic carbocycles. The molecule has 1 amide bonds. The molecule has 2 aromatic carbocycles. The van der Waals surface area contributed by atoms with E-state index in [1.165, 1.54) is 16.4 Å². The summed E-state index contributed by atoms with van der Waals surface area (Å²) in [5, 5.41) is 9.19. The van der Waals surface area contributed by atoms with Gasteiger partial charge in [0.15, 0.2) is 0 Å². The van der Waals surface area contributed by atoms with Gasteiger partial charge >= 0.3 is 0 Å². The first-order chi connectivity index (χ1) is 12.5. The monoisotopic (exact) mass is 369 g/mol. The summed E-state index contributed by atoms with van der Waals surface area (Å²) in [6.45, 7) is 1.35. The molecule has 0 atom stereocenters. The van der Waals surface area contributed by atoms with E-state index < -0.39 is 10.0 Å². The average molecular weight is 369 g/mol. The van der Waals surface area contributed by atoms with Crippen molar-refractivity contribution in [1.82, 2.24) is 9.21 Å². The van der Waals surface area contributed by atoms with Crippen molar-refractivity contribution in [2.24, 2.45) is 0 Å². The Hall–Kier alpha value is -2.69. The quantitative estimate of drug-likeness (QED) is 0.830. The van der Waals surface area contributed by atoms with Gasteiger partial charge in [0.1, 0.15) is 6.07 Å². The van der Waals surface area contributed by atoms with Crippen LogP contribution in [0.25, 0.3) is 0 Å². The molecule has 0 radical (unpaired) electrons. The van der Waals surface area contributed by atoms with Crippen molar-refractivity contribution in [2.75, 3.05) is 26.2 Å². The van der Waals surface area contributed by atoms with Crippen molar-refractivity contribution in [2.45, 2.75) is 11.3 Å². The molecule has 0 aromatic heterocycles. The number of amides is 1. The zero-order chi connectivity index (χ0) is 18.6. The van der Waals surface area contributed by atoms with Crippen LogP contribution >= 0.6 is 0 Å². The topological polar surface area (TPSA) is 81.5 Å². The summed E-state index contributed by atoms with van der Waals surface area (Å²) in [6, 6.07) is 17.1. The van der Waals surface area contributed by atoms with Gasteiger partial charge in [0.2, 0.25) is 10.0 Å². The van der Waals surface area contributed by atoms with Crippen molar-refractivity contribution in [1.29, 1.82) is 5.26 Å². The molecule has 134 valence electrons. The summed E-state index contributed by atoms with van der Waals surface area (Å²) in [5.41, 5.74) is 0.729. The number of benzene rings is 2. The Bertz CT molecular complexity index is 936. The normalized spacial score (nSPS) is 15.9. The van der Waals surface area contributed by atoms with Gasteiger partial charge in [0.05, 0.1) is 10.5 Å². The van der Waals surface area contributed by atoms with Crippen molar-refractivity contribution >= 4 is 15.9 Å². The average Bonchev–Trinajstić information content (AvgIpc) is 2.95. The molecule has 6 nitrogen and oxygen atoms in total. The Balaban J connectivity index is 1.78. The number of nitrogens with zero attached hydrogens (tertiary/aromatic N) is 3. The van der Waals surface area contributed by atoms with Gasteiger partial charge in [-0.15, -0.1) is 0 Å². The molecule has 0 unspecified atom stereocenters. The standard InChI is InChI=1S/C19H19N3O3S/c20-15-17-9-4-5-10-18(17)26(24,25)22-12-6-11-21(13-14-22)19(23)16-7-2-1-3-8-16/h1-5,7-10H,6,11-14H2. The molecule has 2 aromatic rings. The number of rotatable bonds is 3. The van der Waals surface area contributed by atoms with Crippen LogP contribution in [0.4, 0.5) is 0 Å². The molecule has 3 rings (SSSR count). The zero-order valence-corrected chi connectivity index (χ0v) is 15.0. The van der Waals surface area contributed by atoms with Crippen LogP contribution in [0.3, 0.4) is 0 Å². The van der Waals surface area contributed by atoms with E-state index >= 15 is 0 Å². The Morgan fingerprint density at radius 2 is 1.62 bits per heavy atom. The summed E-state index contributed by atoms with van der Waals surface area (Å²) < 4.78 is 27.2. The van der Waals surface area contributed by atoms with Crippen LogP contribution in [0.15, 0.2) is 59.5 Å². The van der Waals surface area contributed by atoms with Crippen molar-refractivity contribution in [3.63, 3.8) is 0 Å². The molecule has 26 heavy (non-hydrogen) atoms. The highest BCUT2D eigenvalue weighted by molar-refractivity contribution is 7.89. The molecule has 1 saturated heterocycles. The SMILES string of the molecule is N#Cc1ccccc1S(=O)(=O)N1CCCN(C(=O)c2ccccc2)CC1. The molecule has 7 heteroatoms. The van der Waals surface area contributed by atoms with E-state index in [1.54, 1.807) is 41.3 Å². The minimum absolute atomic E-state index is 0.0188. The third-order valence-electron chi connectivity index (χ3n) is 4.39. The maximum absolute atomic E-state index is 12.9. The van der Waals surface area contributed by atoms with E-state index in [4.69, 9.17) is 0 Å². The van der Waals surface area contributed by atoms with Crippen LogP contribution in [0.5, 0.6) is 0 Å². The number of hydrogen-bond donors (Lipinski definition) is 0. The number of nitriles is 1. The van der Waals surface area contributed by atoms with E-state index in [-0.39, 0.29) is 22.9 Å². The Labute approximate surface area is 153 Å². The maximum atomic E-state index is 12.9. The van der Waals surface area contributed by atoms with Gasteiger partial charge in [-0.05, 0) is 30.7 Å². The van der Waals surface area contributed by atoms with Crippen molar-refractivity contribution in [3.05, 3.63) is 65.7 Å². The summed E-state index contributed by atoms with van der Waals surface area (Å²) in [6.07, 6.45) is 0.548. The van der Waals surface area contributed by atoms with Crippen molar-refractivity contribution in [3.8, 4) is 6.07 Å². The molecular weight excluding hydrogens is 350 g/mol. The Kier molecular flexibility index (Phi) is 5.35. The van der Waals surface area contributed by atoms with Crippen molar-refractivity contribution < 1.29 is 13.2 Å². The zero-order valence-electron chi connectivity index (χ0n) is 14.2. The van der Waals surface area contributed by atoms with Gasteiger partial charge in [-0.1, -0.05) is 30.3 Å². The van der Waals surface area contributed by atoms with E-state index in [1.807, 2.05) is 12.1 Å². The van der Waals surface area contributed by atoms with Crippen LogP contribution in [0.1, 0.15) is 22.3 Å². The molecule has 1 heterocycles. The van der Waals surface area contributed by atoms with Gasteiger partial charge in [-0.2, -0.15) is 9.57 Å².